The fourth-order valence-electron chi connectivity index (χ4n) is 4.79. The Balaban J connectivity index is 1.33. The molecule has 3 aliphatic rings. The molecule has 3 aromatic rings. The highest BCUT2D eigenvalue weighted by molar-refractivity contribution is 5.88. The lowest BCUT2D eigenvalue weighted by Crippen LogP contribution is -2.40. The molecule has 2 fully saturated rings. The van der Waals surface area contributed by atoms with Crippen LogP contribution >= 0.6 is 0 Å². The Bertz CT molecular complexity index is 1100. The summed E-state index contributed by atoms with van der Waals surface area (Å²) < 4.78 is 11.2. The number of aromatic amines is 1. The summed E-state index contributed by atoms with van der Waals surface area (Å²) in [7, 11) is 0. The fraction of sp³-hybridized carbons (Fsp3) is 0.417. The zero-order chi connectivity index (χ0) is 22.0. The number of H-pyrrole nitrogens is 1. The van der Waals surface area contributed by atoms with Gasteiger partial charge in [0.05, 0.1) is 38.8 Å². The maximum Gasteiger partial charge on any atom is 0.136 e. The fourth-order valence-corrected chi connectivity index (χ4v) is 4.79. The summed E-state index contributed by atoms with van der Waals surface area (Å²) in [4.78, 5) is 9.51. The standard InChI is InChI=1S/C24H29N7O2/c1-3-22-24(26-27-25-22)23(4-1)31-6-2-5-30(18-31)21-16-19(28-7-11-32-12-8-28)15-20(17-21)29-9-13-33-14-10-29/h1-5,15-17H,6-14,18H2,(H,25,26,27). The van der Waals surface area contributed by atoms with Crippen LogP contribution in [0.3, 0.4) is 0 Å². The highest BCUT2D eigenvalue weighted by Crippen LogP contribution is 2.33. The first-order valence-corrected chi connectivity index (χ1v) is 11.6. The average molecular weight is 448 g/mol. The number of para-hydroxylation sites is 1. The molecule has 33 heavy (non-hydrogen) atoms. The van der Waals surface area contributed by atoms with Crippen LogP contribution in [0.4, 0.5) is 22.7 Å². The number of nitrogens with one attached hydrogen (secondary N) is 1. The molecule has 0 atom stereocenters. The van der Waals surface area contributed by atoms with Gasteiger partial charge in [-0.3, -0.25) is 0 Å². The van der Waals surface area contributed by atoms with Crippen LogP contribution in [0, 0.1) is 0 Å². The highest BCUT2D eigenvalue weighted by Gasteiger charge is 2.22. The van der Waals surface area contributed by atoms with Crippen LogP contribution in [0.2, 0.25) is 0 Å². The van der Waals surface area contributed by atoms with Crippen molar-refractivity contribution in [1.82, 2.24) is 15.4 Å². The molecule has 172 valence electrons. The van der Waals surface area contributed by atoms with E-state index in [1.807, 2.05) is 12.1 Å². The third-order valence-corrected chi connectivity index (χ3v) is 6.57. The van der Waals surface area contributed by atoms with Crippen LogP contribution in [0.5, 0.6) is 0 Å². The smallest absolute Gasteiger partial charge is 0.136 e. The van der Waals surface area contributed by atoms with Crippen molar-refractivity contribution < 1.29 is 9.47 Å². The van der Waals surface area contributed by atoms with E-state index in [0.29, 0.717) is 0 Å². The summed E-state index contributed by atoms with van der Waals surface area (Å²) in [6, 6.07) is 13.1. The third-order valence-electron chi connectivity index (χ3n) is 6.57. The van der Waals surface area contributed by atoms with Gasteiger partial charge in [0.15, 0.2) is 0 Å². The lowest BCUT2D eigenvalue weighted by Gasteiger charge is -2.37. The highest BCUT2D eigenvalue weighted by atomic mass is 16.5. The number of morpholine rings is 2. The Morgan fingerprint density at radius 2 is 1.42 bits per heavy atom. The van der Waals surface area contributed by atoms with Gasteiger partial charge in [-0.2, -0.15) is 15.4 Å². The quantitative estimate of drug-likeness (QED) is 0.654. The third kappa shape index (κ3) is 4.09. The number of hydrogen-bond acceptors (Lipinski definition) is 8. The Morgan fingerprint density at radius 1 is 0.758 bits per heavy atom. The van der Waals surface area contributed by atoms with Gasteiger partial charge in [-0.05, 0) is 36.4 Å². The van der Waals surface area contributed by atoms with Gasteiger partial charge in [-0.25, -0.2) is 0 Å². The number of hydrogen-bond donors (Lipinski definition) is 1. The van der Waals surface area contributed by atoms with Crippen molar-refractivity contribution in [2.75, 3.05) is 85.4 Å². The molecule has 6 rings (SSSR count). The number of aromatic nitrogens is 3. The molecule has 9 nitrogen and oxygen atoms in total. The molecule has 1 N–H and O–H groups in total. The van der Waals surface area contributed by atoms with Crippen LogP contribution in [0.25, 0.3) is 11.0 Å². The minimum atomic E-state index is 0.748. The van der Waals surface area contributed by atoms with Crippen molar-refractivity contribution in [2.45, 2.75) is 0 Å². The molecule has 0 unspecified atom stereocenters. The molecule has 0 aliphatic carbocycles. The SMILES string of the molecule is C1=CN(c2cc(N3CCOCC3)cc(N3CCOCC3)c2)CN(c2cccc3n[nH]nc23)C1. The van der Waals surface area contributed by atoms with Gasteiger partial charge in [0.25, 0.3) is 0 Å². The first-order valence-electron chi connectivity index (χ1n) is 11.6. The molecule has 0 spiro atoms. The van der Waals surface area contributed by atoms with Gasteiger partial charge in [0, 0.05) is 56.0 Å². The van der Waals surface area contributed by atoms with Crippen LogP contribution in [0.1, 0.15) is 0 Å². The van der Waals surface area contributed by atoms with Crippen LogP contribution < -0.4 is 19.6 Å². The van der Waals surface area contributed by atoms with Gasteiger partial charge in [0.2, 0.25) is 0 Å². The second-order valence-corrected chi connectivity index (χ2v) is 8.59. The van der Waals surface area contributed by atoms with Crippen molar-refractivity contribution in [3.63, 3.8) is 0 Å². The lowest BCUT2D eigenvalue weighted by molar-refractivity contribution is 0.122. The van der Waals surface area contributed by atoms with Crippen molar-refractivity contribution in [3.8, 4) is 0 Å². The number of benzene rings is 2. The van der Waals surface area contributed by atoms with E-state index in [2.05, 4.69) is 71.6 Å². The van der Waals surface area contributed by atoms with Crippen molar-refractivity contribution >= 4 is 33.8 Å². The molecule has 0 bridgehead atoms. The molecule has 4 heterocycles. The Labute approximate surface area is 193 Å². The van der Waals surface area contributed by atoms with Crippen LogP contribution in [-0.2, 0) is 9.47 Å². The van der Waals surface area contributed by atoms with E-state index >= 15 is 0 Å². The first kappa shape index (κ1) is 20.3. The molecular formula is C24H29N7O2. The van der Waals surface area contributed by atoms with Gasteiger partial charge in [-0.1, -0.05) is 6.07 Å². The summed E-state index contributed by atoms with van der Waals surface area (Å²) in [5, 5.41) is 11.4. The molecule has 1 aromatic heterocycles. The predicted molar refractivity (Wildman–Crippen MR) is 130 cm³/mol. The summed E-state index contributed by atoms with van der Waals surface area (Å²) in [5.41, 5.74) is 6.58. The molecule has 2 saturated heterocycles. The van der Waals surface area contributed by atoms with E-state index in [4.69, 9.17) is 9.47 Å². The maximum atomic E-state index is 5.60. The topological polar surface area (TPSA) is 73.0 Å². The molecule has 2 aromatic carbocycles. The number of rotatable bonds is 4. The number of anilines is 4. The molecule has 0 amide bonds. The van der Waals surface area contributed by atoms with Gasteiger partial charge < -0.3 is 29.1 Å². The van der Waals surface area contributed by atoms with E-state index in [-0.39, 0.29) is 0 Å². The molecular weight excluding hydrogens is 418 g/mol. The zero-order valence-electron chi connectivity index (χ0n) is 18.7. The summed E-state index contributed by atoms with van der Waals surface area (Å²) >= 11 is 0. The number of fused-ring (bicyclic) bond motifs is 1. The summed E-state index contributed by atoms with van der Waals surface area (Å²) in [5.74, 6) is 0. The van der Waals surface area contributed by atoms with Crippen molar-refractivity contribution in [2.24, 2.45) is 0 Å². The number of ether oxygens (including phenoxy) is 2. The van der Waals surface area contributed by atoms with Crippen LogP contribution in [0.15, 0.2) is 48.7 Å². The Hall–Kier alpha value is -3.30. The van der Waals surface area contributed by atoms with Gasteiger partial charge in [0.1, 0.15) is 11.0 Å². The monoisotopic (exact) mass is 447 g/mol. The lowest BCUT2D eigenvalue weighted by atomic mass is 10.1. The molecule has 0 radical (unpaired) electrons. The second kappa shape index (κ2) is 8.92. The van der Waals surface area contributed by atoms with Gasteiger partial charge >= 0.3 is 0 Å². The van der Waals surface area contributed by atoms with E-state index in [0.717, 1.165) is 82.5 Å². The largest absolute Gasteiger partial charge is 0.378 e. The zero-order valence-corrected chi connectivity index (χ0v) is 18.7. The van der Waals surface area contributed by atoms with E-state index < -0.39 is 0 Å². The maximum absolute atomic E-state index is 5.60. The molecule has 3 aliphatic heterocycles. The normalized spacial score (nSPS) is 19.5. The number of nitrogens with zero attached hydrogens (tertiary/aromatic N) is 6. The van der Waals surface area contributed by atoms with Crippen molar-refractivity contribution in [3.05, 3.63) is 48.7 Å². The van der Waals surface area contributed by atoms with E-state index in [1.165, 1.54) is 17.1 Å². The average Bonchev–Trinajstić information content (AvgIpc) is 3.39. The predicted octanol–water partition coefficient (Wildman–Crippen LogP) is 2.43. The van der Waals surface area contributed by atoms with Crippen LogP contribution in [-0.4, -0.2) is 81.2 Å². The first-order chi connectivity index (χ1) is 16.3. The van der Waals surface area contributed by atoms with Crippen molar-refractivity contribution in [1.29, 1.82) is 0 Å². The van der Waals surface area contributed by atoms with Gasteiger partial charge in [-0.15, -0.1) is 0 Å². The minimum absolute atomic E-state index is 0.748. The Kier molecular flexibility index (Phi) is 5.49. The Morgan fingerprint density at radius 3 is 2.12 bits per heavy atom. The van der Waals surface area contributed by atoms with E-state index in [1.54, 1.807) is 0 Å². The second-order valence-electron chi connectivity index (χ2n) is 8.59. The molecule has 0 saturated carbocycles. The van der Waals surface area contributed by atoms with E-state index in [9.17, 15) is 0 Å². The molecule has 9 heteroatoms. The summed E-state index contributed by atoms with van der Waals surface area (Å²) in [6.07, 6.45) is 4.40. The minimum Gasteiger partial charge on any atom is -0.378 e. The summed E-state index contributed by atoms with van der Waals surface area (Å²) in [6.45, 7) is 8.35.